The van der Waals surface area contributed by atoms with E-state index < -0.39 is 5.41 Å². The van der Waals surface area contributed by atoms with Crippen LogP contribution in [0.3, 0.4) is 0 Å². The lowest BCUT2D eigenvalue weighted by atomic mass is 9.79. The third-order valence-electron chi connectivity index (χ3n) is 5.81. The molecule has 3 aliphatic rings. The Labute approximate surface area is 151 Å². The molecule has 4 amide bonds. The van der Waals surface area contributed by atoms with E-state index in [-0.39, 0.29) is 23.6 Å². The number of amides is 4. The van der Waals surface area contributed by atoms with Gasteiger partial charge in [0, 0.05) is 44.2 Å². The third-order valence-corrected chi connectivity index (χ3v) is 5.81. The Morgan fingerprint density at radius 1 is 1.12 bits per heavy atom. The molecule has 1 N–H and O–H groups in total. The molecule has 1 atom stereocenters. The first-order valence-corrected chi connectivity index (χ1v) is 8.94. The fourth-order valence-electron chi connectivity index (χ4n) is 4.25. The van der Waals surface area contributed by atoms with Crippen LogP contribution in [0.15, 0.2) is 18.2 Å². The van der Waals surface area contributed by atoms with Crippen molar-refractivity contribution in [3.63, 3.8) is 0 Å². The minimum Gasteiger partial charge on any atom is -0.338 e. The molecule has 4 rings (SSSR count). The van der Waals surface area contributed by atoms with E-state index in [9.17, 15) is 19.2 Å². The number of imide groups is 1. The number of piperidine rings is 1. The van der Waals surface area contributed by atoms with Gasteiger partial charge in [0.15, 0.2) is 0 Å². The van der Waals surface area contributed by atoms with E-state index in [1.807, 2.05) is 6.07 Å². The monoisotopic (exact) mass is 355 g/mol. The van der Waals surface area contributed by atoms with Crippen LogP contribution in [0.5, 0.6) is 0 Å². The number of nitrogens with one attached hydrogen (secondary N) is 1. The molecule has 1 unspecified atom stereocenters. The lowest BCUT2D eigenvalue weighted by Crippen LogP contribution is -2.50. The Balaban J connectivity index is 1.54. The Hall–Kier alpha value is -2.70. The second kappa shape index (κ2) is 5.93. The highest BCUT2D eigenvalue weighted by Crippen LogP contribution is 2.38. The van der Waals surface area contributed by atoms with Crippen LogP contribution in [0.25, 0.3) is 0 Å². The molecule has 1 spiro atoms. The van der Waals surface area contributed by atoms with Gasteiger partial charge in [-0.15, -0.1) is 0 Å². The number of carbonyl (C=O) groups excluding carboxylic acids is 4. The van der Waals surface area contributed by atoms with Gasteiger partial charge in [-0.05, 0) is 37.0 Å². The van der Waals surface area contributed by atoms with Gasteiger partial charge in [-0.1, -0.05) is 6.07 Å². The summed E-state index contributed by atoms with van der Waals surface area (Å²) in [5, 5.41) is 2.40. The number of hydrogen-bond acceptors (Lipinski definition) is 4. The summed E-state index contributed by atoms with van der Waals surface area (Å²) in [5.41, 5.74) is 1.76. The van der Waals surface area contributed by atoms with E-state index in [0.29, 0.717) is 44.5 Å². The zero-order valence-corrected chi connectivity index (χ0v) is 14.7. The van der Waals surface area contributed by atoms with E-state index in [0.717, 1.165) is 17.7 Å². The van der Waals surface area contributed by atoms with Crippen LogP contribution in [0.4, 0.5) is 5.69 Å². The molecule has 0 radical (unpaired) electrons. The maximum absolute atomic E-state index is 12.9. The lowest BCUT2D eigenvalue weighted by Gasteiger charge is -2.31. The molecule has 3 heterocycles. The van der Waals surface area contributed by atoms with Gasteiger partial charge in [0.2, 0.25) is 17.7 Å². The zero-order chi connectivity index (χ0) is 18.5. The lowest BCUT2D eigenvalue weighted by molar-refractivity contribution is -0.141. The number of nitrogens with zero attached hydrogens (tertiary/aromatic N) is 2. The Bertz CT molecular complexity index is 834. The first-order valence-electron chi connectivity index (χ1n) is 8.94. The molecule has 26 heavy (non-hydrogen) atoms. The summed E-state index contributed by atoms with van der Waals surface area (Å²) in [4.78, 5) is 51.8. The smallest absolute Gasteiger partial charge is 0.253 e. The summed E-state index contributed by atoms with van der Waals surface area (Å²) in [6, 6.07) is 5.48. The maximum atomic E-state index is 12.9. The van der Waals surface area contributed by atoms with Crippen molar-refractivity contribution in [2.75, 3.05) is 24.5 Å². The van der Waals surface area contributed by atoms with Gasteiger partial charge in [0.25, 0.3) is 5.91 Å². The minimum absolute atomic E-state index is 0.0305. The van der Waals surface area contributed by atoms with Gasteiger partial charge in [-0.2, -0.15) is 0 Å². The predicted octanol–water partition coefficient (Wildman–Crippen LogP) is 0.865. The molecule has 0 saturated carbocycles. The van der Waals surface area contributed by atoms with Gasteiger partial charge in [-0.25, -0.2) is 0 Å². The van der Waals surface area contributed by atoms with Crippen molar-refractivity contribution in [2.24, 2.45) is 5.41 Å². The van der Waals surface area contributed by atoms with Gasteiger partial charge in [-0.3, -0.25) is 24.5 Å². The van der Waals surface area contributed by atoms with E-state index >= 15 is 0 Å². The molecule has 7 nitrogen and oxygen atoms in total. The molecule has 2 fully saturated rings. The van der Waals surface area contributed by atoms with Crippen LogP contribution in [0.1, 0.15) is 42.1 Å². The van der Waals surface area contributed by atoms with E-state index in [4.69, 9.17) is 0 Å². The summed E-state index contributed by atoms with van der Waals surface area (Å²) in [5.74, 6) is -0.670. The number of likely N-dealkylation sites (tertiary alicyclic amines) is 1. The van der Waals surface area contributed by atoms with Gasteiger partial charge in [0.05, 0.1) is 5.41 Å². The quantitative estimate of drug-likeness (QED) is 0.757. The summed E-state index contributed by atoms with van der Waals surface area (Å²) < 4.78 is 0. The van der Waals surface area contributed by atoms with Crippen molar-refractivity contribution in [3.05, 3.63) is 29.3 Å². The van der Waals surface area contributed by atoms with Crippen molar-refractivity contribution in [3.8, 4) is 0 Å². The Kier molecular flexibility index (Phi) is 3.82. The van der Waals surface area contributed by atoms with Crippen molar-refractivity contribution >= 4 is 29.3 Å². The van der Waals surface area contributed by atoms with Crippen LogP contribution < -0.4 is 10.2 Å². The number of benzene rings is 1. The average Bonchev–Trinajstić information content (AvgIpc) is 3.23. The standard InChI is InChI=1S/C19H21N3O4/c1-12(23)22-8-5-13-2-3-14(10-15(13)22)17(25)21-9-7-19(11-21)6-4-16(24)20-18(19)26/h2-3,10H,4-9,11H2,1H3,(H,20,24,26). The second-order valence-corrected chi connectivity index (χ2v) is 7.40. The molecule has 1 aromatic rings. The first-order chi connectivity index (χ1) is 12.4. The fraction of sp³-hybridized carbons (Fsp3) is 0.474. The molecule has 1 aromatic carbocycles. The van der Waals surface area contributed by atoms with Crippen molar-refractivity contribution in [1.82, 2.24) is 10.2 Å². The van der Waals surface area contributed by atoms with Crippen LogP contribution in [0.2, 0.25) is 0 Å². The molecule has 136 valence electrons. The third kappa shape index (κ3) is 2.58. The zero-order valence-electron chi connectivity index (χ0n) is 14.7. The fourth-order valence-corrected chi connectivity index (χ4v) is 4.25. The Morgan fingerprint density at radius 2 is 1.92 bits per heavy atom. The van der Waals surface area contributed by atoms with E-state index in [1.54, 1.807) is 21.9 Å². The average molecular weight is 355 g/mol. The second-order valence-electron chi connectivity index (χ2n) is 7.40. The van der Waals surface area contributed by atoms with Crippen LogP contribution in [-0.2, 0) is 20.8 Å². The van der Waals surface area contributed by atoms with E-state index in [1.165, 1.54) is 6.92 Å². The summed E-state index contributed by atoms with van der Waals surface area (Å²) in [6.07, 6.45) is 2.18. The number of anilines is 1. The molecule has 7 heteroatoms. The van der Waals surface area contributed by atoms with Crippen molar-refractivity contribution < 1.29 is 19.2 Å². The van der Waals surface area contributed by atoms with Crippen LogP contribution >= 0.6 is 0 Å². The molecule has 0 aliphatic carbocycles. The highest BCUT2D eigenvalue weighted by Gasteiger charge is 2.48. The largest absolute Gasteiger partial charge is 0.338 e. The maximum Gasteiger partial charge on any atom is 0.253 e. The number of carbonyl (C=O) groups is 4. The number of fused-ring (bicyclic) bond motifs is 1. The number of hydrogen-bond donors (Lipinski definition) is 1. The number of rotatable bonds is 1. The molecule has 0 bridgehead atoms. The van der Waals surface area contributed by atoms with Gasteiger partial charge in [0.1, 0.15) is 0 Å². The first kappa shape index (κ1) is 16.8. The molecular formula is C19H21N3O4. The highest BCUT2D eigenvalue weighted by atomic mass is 16.2. The highest BCUT2D eigenvalue weighted by molar-refractivity contribution is 6.02. The molecular weight excluding hydrogens is 334 g/mol. The summed E-state index contributed by atoms with van der Waals surface area (Å²) in [6.45, 7) is 2.99. The molecule has 2 saturated heterocycles. The molecule has 0 aromatic heterocycles. The minimum atomic E-state index is -0.647. The van der Waals surface area contributed by atoms with Crippen molar-refractivity contribution in [1.29, 1.82) is 0 Å². The molecule has 3 aliphatic heterocycles. The predicted molar refractivity (Wildman–Crippen MR) is 93.5 cm³/mol. The topological polar surface area (TPSA) is 86.8 Å². The van der Waals surface area contributed by atoms with Crippen LogP contribution in [0, 0.1) is 5.41 Å². The Morgan fingerprint density at radius 3 is 2.65 bits per heavy atom. The van der Waals surface area contributed by atoms with E-state index in [2.05, 4.69) is 5.32 Å². The summed E-state index contributed by atoms with van der Waals surface area (Å²) >= 11 is 0. The summed E-state index contributed by atoms with van der Waals surface area (Å²) in [7, 11) is 0. The SMILES string of the molecule is CC(=O)N1CCc2ccc(C(=O)N3CCC4(CCC(=O)NC4=O)C3)cc21. The van der Waals surface area contributed by atoms with Gasteiger partial charge < -0.3 is 9.80 Å². The van der Waals surface area contributed by atoms with Crippen molar-refractivity contribution in [2.45, 2.75) is 32.6 Å². The normalized spacial score (nSPS) is 24.8. The van der Waals surface area contributed by atoms with Crippen LogP contribution in [-0.4, -0.2) is 48.2 Å². The van der Waals surface area contributed by atoms with Gasteiger partial charge >= 0.3 is 0 Å².